The van der Waals surface area contributed by atoms with Crippen molar-refractivity contribution in [1.29, 1.82) is 0 Å². The van der Waals surface area contributed by atoms with Gasteiger partial charge in [0.1, 0.15) is 0 Å². The first-order chi connectivity index (χ1) is 16.6. The van der Waals surface area contributed by atoms with Gasteiger partial charge in [0, 0.05) is 16.3 Å². The van der Waals surface area contributed by atoms with E-state index in [9.17, 15) is 4.79 Å². The van der Waals surface area contributed by atoms with Gasteiger partial charge in [-0.1, -0.05) is 94.4 Å². The Morgan fingerprint density at radius 2 is 1.65 bits per heavy atom. The zero-order valence-corrected chi connectivity index (χ0v) is 21.2. The average Bonchev–Trinajstić information content (AvgIpc) is 3.30. The highest BCUT2D eigenvalue weighted by molar-refractivity contribution is 9.10. The lowest BCUT2D eigenvalue weighted by molar-refractivity contribution is 0.102. The molecule has 6 heteroatoms. The van der Waals surface area contributed by atoms with E-state index in [0.29, 0.717) is 5.75 Å². The molecule has 0 unspecified atom stereocenters. The number of Topliss-reactive ketones (excluding diaryl/α,β-unsaturated/α-hetero) is 1. The van der Waals surface area contributed by atoms with Gasteiger partial charge >= 0.3 is 0 Å². The number of thioether (sulfide) groups is 1. The van der Waals surface area contributed by atoms with Crippen LogP contribution in [-0.2, 0) is 0 Å². The Bertz CT molecular complexity index is 1460. The fourth-order valence-corrected chi connectivity index (χ4v) is 5.68. The molecule has 5 rings (SSSR count). The van der Waals surface area contributed by atoms with E-state index in [2.05, 4.69) is 38.0 Å². The number of benzene rings is 4. The van der Waals surface area contributed by atoms with Crippen LogP contribution in [0.15, 0.2) is 111 Å². The van der Waals surface area contributed by atoms with Crippen molar-refractivity contribution in [2.45, 2.75) is 4.34 Å². The van der Waals surface area contributed by atoms with Gasteiger partial charge in [-0.3, -0.25) is 9.79 Å². The van der Waals surface area contributed by atoms with Crippen LogP contribution in [-0.4, -0.2) is 22.7 Å². The van der Waals surface area contributed by atoms with E-state index in [-0.39, 0.29) is 5.78 Å². The number of nitrogens with zero attached hydrogens (tertiary/aromatic N) is 2. The number of halogens is 1. The van der Waals surface area contributed by atoms with E-state index in [0.717, 1.165) is 47.0 Å². The molecule has 0 N–H and O–H groups in total. The first kappa shape index (κ1) is 22.7. The van der Waals surface area contributed by atoms with E-state index in [1.807, 2.05) is 91.1 Å². The van der Waals surface area contributed by atoms with Gasteiger partial charge in [0.2, 0.25) is 0 Å². The van der Waals surface area contributed by atoms with Crippen molar-refractivity contribution >= 4 is 66.9 Å². The smallest absolute Gasteiger partial charge is 0.173 e. The number of aromatic nitrogens is 1. The summed E-state index contributed by atoms with van der Waals surface area (Å²) >= 11 is 6.52. The summed E-state index contributed by atoms with van der Waals surface area (Å²) in [5, 5.41) is 0. The Kier molecular flexibility index (Phi) is 7.00. The van der Waals surface area contributed by atoms with Gasteiger partial charge in [-0.05, 0) is 47.0 Å². The van der Waals surface area contributed by atoms with Gasteiger partial charge in [-0.2, -0.15) is 0 Å². The maximum absolute atomic E-state index is 12.7. The van der Waals surface area contributed by atoms with Crippen molar-refractivity contribution in [1.82, 2.24) is 4.98 Å². The number of hydrogen-bond donors (Lipinski definition) is 0. The van der Waals surface area contributed by atoms with Crippen LogP contribution in [0.3, 0.4) is 0 Å². The molecule has 0 aliphatic heterocycles. The second kappa shape index (κ2) is 10.5. The van der Waals surface area contributed by atoms with Crippen LogP contribution in [0.4, 0.5) is 5.69 Å². The third-order valence-corrected chi connectivity index (χ3v) is 7.92. The molecule has 0 saturated carbocycles. The summed E-state index contributed by atoms with van der Waals surface area (Å²) in [5.74, 6) is 0.461. The highest BCUT2D eigenvalue weighted by Gasteiger charge is 2.11. The molecule has 0 amide bonds. The second-order valence-electron chi connectivity index (χ2n) is 7.60. The molecule has 1 aromatic heterocycles. The van der Waals surface area contributed by atoms with E-state index in [1.54, 1.807) is 11.3 Å². The molecular formula is C28H19BrN2OS2. The van der Waals surface area contributed by atoms with Crippen molar-refractivity contribution < 1.29 is 4.79 Å². The Morgan fingerprint density at radius 3 is 2.41 bits per heavy atom. The van der Waals surface area contributed by atoms with Crippen molar-refractivity contribution in [3.8, 4) is 11.1 Å². The maximum Gasteiger partial charge on any atom is 0.173 e. The first-order valence-electron chi connectivity index (χ1n) is 10.7. The summed E-state index contributed by atoms with van der Waals surface area (Å²) in [6.45, 7) is 0. The van der Waals surface area contributed by atoms with Crippen molar-refractivity contribution in [3.63, 3.8) is 0 Å². The van der Waals surface area contributed by atoms with Crippen LogP contribution >= 0.6 is 39.0 Å². The highest BCUT2D eigenvalue weighted by Crippen LogP contribution is 2.32. The fraction of sp³-hybridized carbons (Fsp3) is 0.0357. The summed E-state index contributed by atoms with van der Waals surface area (Å²) in [6.07, 6.45) is 1.85. The molecule has 0 atom stereocenters. The molecule has 0 saturated heterocycles. The minimum absolute atomic E-state index is 0.101. The predicted molar refractivity (Wildman–Crippen MR) is 148 cm³/mol. The van der Waals surface area contributed by atoms with Gasteiger partial charge in [-0.25, -0.2) is 4.98 Å². The van der Waals surface area contributed by atoms with Crippen LogP contribution in [0.1, 0.15) is 15.9 Å². The van der Waals surface area contributed by atoms with Gasteiger partial charge in [0.05, 0.1) is 21.7 Å². The summed E-state index contributed by atoms with van der Waals surface area (Å²) in [7, 11) is 0. The molecule has 0 aliphatic rings. The monoisotopic (exact) mass is 542 g/mol. The number of carbonyl (C=O) groups is 1. The molecule has 0 spiro atoms. The van der Waals surface area contributed by atoms with Crippen LogP contribution < -0.4 is 0 Å². The number of carbonyl (C=O) groups excluding carboxylic acids is 1. The number of ketones is 1. The fourth-order valence-electron chi connectivity index (χ4n) is 3.42. The Balaban J connectivity index is 1.23. The summed E-state index contributed by atoms with van der Waals surface area (Å²) < 4.78 is 2.99. The molecule has 3 nitrogen and oxygen atoms in total. The third kappa shape index (κ3) is 5.53. The normalized spacial score (nSPS) is 11.3. The zero-order valence-electron chi connectivity index (χ0n) is 18.0. The van der Waals surface area contributed by atoms with Crippen LogP contribution in [0.2, 0.25) is 0 Å². The van der Waals surface area contributed by atoms with Gasteiger partial charge in [0.25, 0.3) is 0 Å². The Labute approximate surface area is 214 Å². The molecule has 5 aromatic rings. The molecular weight excluding hydrogens is 524 g/mol. The minimum atomic E-state index is 0.101. The molecule has 0 bridgehead atoms. The highest BCUT2D eigenvalue weighted by atomic mass is 79.9. The molecule has 0 fully saturated rings. The largest absolute Gasteiger partial charge is 0.293 e. The average molecular weight is 544 g/mol. The molecule has 1 heterocycles. The summed E-state index contributed by atoms with van der Waals surface area (Å²) in [5.41, 5.74) is 5.82. The van der Waals surface area contributed by atoms with E-state index in [1.165, 1.54) is 11.8 Å². The number of hydrogen-bond acceptors (Lipinski definition) is 5. The Morgan fingerprint density at radius 1 is 0.912 bits per heavy atom. The lowest BCUT2D eigenvalue weighted by Crippen LogP contribution is -2.01. The Hall–Kier alpha value is -3.06. The number of thiazole rings is 1. The number of fused-ring (bicyclic) bond motifs is 1. The third-order valence-electron chi connectivity index (χ3n) is 5.23. The molecule has 0 aliphatic carbocycles. The van der Waals surface area contributed by atoms with E-state index < -0.39 is 0 Å². The van der Waals surface area contributed by atoms with E-state index in [4.69, 9.17) is 0 Å². The molecule has 34 heavy (non-hydrogen) atoms. The lowest BCUT2D eigenvalue weighted by Gasteiger charge is -2.03. The van der Waals surface area contributed by atoms with Crippen LogP contribution in [0.25, 0.3) is 21.3 Å². The van der Waals surface area contributed by atoms with Gasteiger partial charge < -0.3 is 0 Å². The molecule has 166 valence electrons. The van der Waals surface area contributed by atoms with Crippen LogP contribution in [0.5, 0.6) is 0 Å². The number of aliphatic imine (C=N–C) groups is 1. The number of rotatable bonds is 7. The minimum Gasteiger partial charge on any atom is -0.293 e. The molecule has 0 radical (unpaired) electrons. The first-order valence-corrected chi connectivity index (χ1v) is 13.3. The van der Waals surface area contributed by atoms with E-state index >= 15 is 0 Å². The predicted octanol–water partition coefficient (Wildman–Crippen LogP) is 8.45. The summed E-state index contributed by atoms with van der Waals surface area (Å²) in [4.78, 5) is 22.0. The SMILES string of the molecule is O=C(CSc1nc2ccc(N=Cc3ccc(Br)cc3)cc2s1)c1ccc(-c2ccccc2)cc1. The van der Waals surface area contributed by atoms with Gasteiger partial charge in [-0.15, -0.1) is 11.3 Å². The molecule has 4 aromatic carbocycles. The van der Waals surface area contributed by atoms with Crippen LogP contribution in [0, 0.1) is 0 Å². The second-order valence-corrected chi connectivity index (χ2v) is 10.8. The maximum atomic E-state index is 12.7. The van der Waals surface area contributed by atoms with Crippen molar-refractivity contribution in [2.75, 3.05) is 5.75 Å². The zero-order chi connectivity index (χ0) is 23.3. The topological polar surface area (TPSA) is 42.3 Å². The van der Waals surface area contributed by atoms with Crippen molar-refractivity contribution in [3.05, 3.63) is 113 Å². The quantitative estimate of drug-likeness (QED) is 0.118. The standard InChI is InChI=1S/C28H19BrN2OS2/c29-23-12-6-19(7-13-23)17-30-24-14-15-25-27(16-24)34-28(31-25)33-18-26(32)22-10-8-21(9-11-22)20-4-2-1-3-5-20/h1-17H,18H2. The summed E-state index contributed by atoms with van der Waals surface area (Å²) in [6, 6.07) is 32.0. The lowest BCUT2D eigenvalue weighted by atomic mass is 10.0. The van der Waals surface area contributed by atoms with Gasteiger partial charge in [0.15, 0.2) is 10.1 Å². The van der Waals surface area contributed by atoms with Crippen molar-refractivity contribution in [2.24, 2.45) is 4.99 Å².